The lowest BCUT2D eigenvalue weighted by Crippen LogP contribution is -1.99. The first-order chi connectivity index (χ1) is 10.0. The molecular weight excluding hydrogens is 294 g/mol. The largest absolute Gasteiger partial charge is 0.502 e. The third kappa shape index (κ3) is 3.31. The Labute approximate surface area is 124 Å². The van der Waals surface area contributed by atoms with E-state index in [-0.39, 0.29) is 11.4 Å². The highest BCUT2D eigenvalue weighted by atomic mass is 32.1. The molecule has 1 aromatic carbocycles. The van der Waals surface area contributed by atoms with Crippen LogP contribution in [0.15, 0.2) is 23.3 Å². The van der Waals surface area contributed by atoms with Crippen molar-refractivity contribution in [3.05, 3.63) is 44.5 Å². The van der Waals surface area contributed by atoms with Crippen molar-refractivity contribution in [1.82, 2.24) is 14.9 Å². The van der Waals surface area contributed by atoms with Crippen LogP contribution >= 0.6 is 12.2 Å². The predicted octanol–water partition coefficient (Wildman–Crippen LogP) is 2.39. The third-order valence-electron chi connectivity index (χ3n) is 2.71. The van der Waals surface area contributed by atoms with Crippen LogP contribution in [-0.4, -0.2) is 31.1 Å². The lowest BCUT2D eigenvalue weighted by atomic mass is 10.2. The van der Waals surface area contributed by atoms with Crippen molar-refractivity contribution in [2.24, 2.45) is 5.10 Å². The van der Waals surface area contributed by atoms with Crippen LogP contribution in [0.2, 0.25) is 0 Å². The monoisotopic (exact) mass is 307 g/mol. The molecule has 0 fully saturated rings. The van der Waals surface area contributed by atoms with Gasteiger partial charge in [0.2, 0.25) is 4.77 Å². The van der Waals surface area contributed by atoms with Crippen LogP contribution in [0.1, 0.15) is 24.7 Å². The van der Waals surface area contributed by atoms with Crippen molar-refractivity contribution >= 4 is 24.1 Å². The Morgan fingerprint density at radius 1 is 1.62 bits per heavy atom. The van der Waals surface area contributed by atoms with Crippen molar-refractivity contribution in [2.45, 2.75) is 19.8 Å². The zero-order chi connectivity index (χ0) is 15.4. The van der Waals surface area contributed by atoms with E-state index >= 15 is 0 Å². The maximum atomic E-state index is 10.8. The topological polar surface area (TPSA) is 109 Å². The maximum absolute atomic E-state index is 10.8. The summed E-state index contributed by atoms with van der Waals surface area (Å²) in [6.07, 6.45) is 3.02. The van der Waals surface area contributed by atoms with Crippen LogP contribution < -0.4 is 0 Å². The average Bonchev–Trinajstić information content (AvgIpc) is 2.79. The molecule has 0 atom stereocenters. The predicted molar refractivity (Wildman–Crippen MR) is 79.2 cm³/mol. The van der Waals surface area contributed by atoms with E-state index < -0.39 is 4.92 Å². The van der Waals surface area contributed by atoms with Gasteiger partial charge in [0.15, 0.2) is 11.6 Å². The zero-order valence-corrected chi connectivity index (χ0v) is 12.0. The van der Waals surface area contributed by atoms with Gasteiger partial charge in [0.1, 0.15) is 0 Å². The van der Waals surface area contributed by atoms with E-state index in [1.165, 1.54) is 29.1 Å². The van der Waals surface area contributed by atoms with E-state index in [1.807, 2.05) is 6.92 Å². The summed E-state index contributed by atoms with van der Waals surface area (Å²) in [5.74, 6) is 0.302. The minimum absolute atomic E-state index is 0.350. The summed E-state index contributed by atoms with van der Waals surface area (Å²) in [6, 6.07) is 4.01. The molecule has 8 nitrogen and oxygen atoms in total. The normalized spacial score (nSPS) is 11.1. The van der Waals surface area contributed by atoms with Crippen molar-refractivity contribution in [3.63, 3.8) is 0 Å². The Bertz CT molecular complexity index is 750. The molecule has 2 rings (SSSR count). The first kappa shape index (κ1) is 14.9. The third-order valence-corrected chi connectivity index (χ3v) is 2.97. The Balaban J connectivity index is 2.34. The summed E-state index contributed by atoms with van der Waals surface area (Å²) in [7, 11) is 0. The lowest BCUT2D eigenvalue weighted by molar-refractivity contribution is -0.385. The molecule has 21 heavy (non-hydrogen) atoms. The van der Waals surface area contributed by atoms with Crippen molar-refractivity contribution < 1.29 is 10.0 Å². The number of phenols is 1. The van der Waals surface area contributed by atoms with Crippen molar-refractivity contribution in [3.8, 4) is 5.75 Å². The number of aromatic nitrogens is 3. The Hall–Kier alpha value is -2.55. The van der Waals surface area contributed by atoms with Crippen molar-refractivity contribution in [1.29, 1.82) is 0 Å². The second-order valence-electron chi connectivity index (χ2n) is 4.26. The number of hydrogen-bond acceptors (Lipinski definition) is 6. The number of nitro benzene ring substituents is 1. The van der Waals surface area contributed by atoms with Gasteiger partial charge in [-0.3, -0.25) is 15.2 Å². The van der Waals surface area contributed by atoms with Gasteiger partial charge in [-0.2, -0.15) is 14.9 Å². The summed E-state index contributed by atoms with van der Waals surface area (Å²) in [6.45, 7) is 2.01. The highest BCUT2D eigenvalue weighted by Crippen LogP contribution is 2.25. The van der Waals surface area contributed by atoms with E-state index in [1.54, 1.807) is 0 Å². The van der Waals surface area contributed by atoms with Gasteiger partial charge in [-0.15, -0.1) is 0 Å². The number of nitro groups is 1. The van der Waals surface area contributed by atoms with Crippen LogP contribution in [0.25, 0.3) is 0 Å². The highest BCUT2D eigenvalue weighted by molar-refractivity contribution is 7.71. The summed E-state index contributed by atoms with van der Waals surface area (Å²) in [5.41, 5.74) is 0.105. The molecule has 2 aromatic rings. The zero-order valence-electron chi connectivity index (χ0n) is 11.2. The second kappa shape index (κ2) is 6.27. The van der Waals surface area contributed by atoms with Crippen LogP contribution in [0.5, 0.6) is 5.75 Å². The van der Waals surface area contributed by atoms with Gasteiger partial charge in [-0.1, -0.05) is 6.92 Å². The molecule has 0 unspecified atom stereocenters. The molecule has 0 spiro atoms. The quantitative estimate of drug-likeness (QED) is 0.381. The van der Waals surface area contributed by atoms with Gasteiger partial charge in [0, 0.05) is 18.1 Å². The second-order valence-corrected chi connectivity index (χ2v) is 4.64. The number of aromatic hydroxyl groups is 1. The fourth-order valence-corrected chi connectivity index (χ4v) is 1.92. The molecule has 0 radical (unpaired) electrons. The van der Waals surface area contributed by atoms with E-state index in [2.05, 4.69) is 15.3 Å². The molecule has 1 aromatic heterocycles. The van der Waals surface area contributed by atoms with Gasteiger partial charge in [0.25, 0.3) is 0 Å². The SMILES string of the molecule is CCCc1n[nH]c(=S)n1/N=C/c1ccc(O)c([N+](=O)[O-])c1. The molecule has 0 amide bonds. The molecule has 0 saturated carbocycles. The number of hydrogen-bond donors (Lipinski definition) is 2. The fraction of sp³-hybridized carbons (Fsp3) is 0.250. The molecule has 9 heteroatoms. The molecule has 110 valence electrons. The number of nitrogens with zero attached hydrogens (tertiary/aromatic N) is 4. The summed E-state index contributed by atoms with van der Waals surface area (Å²) in [5, 5.41) is 31.0. The number of aromatic amines is 1. The molecule has 0 bridgehead atoms. The van der Waals surface area contributed by atoms with Crippen LogP contribution in [-0.2, 0) is 6.42 Å². The first-order valence-electron chi connectivity index (χ1n) is 6.21. The van der Waals surface area contributed by atoms with Crippen LogP contribution in [0, 0.1) is 14.9 Å². The van der Waals surface area contributed by atoms with E-state index in [0.717, 1.165) is 6.42 Å². The molecule has 1 heterocycles. The number of nitrogens with one attached hydrogen (secondary N) is 1. The molecule has 0 saturated heterocycles. The average molecular weight is 307 g/mol. The maximum Gasteiger partial charge on any atom is 0.311 e. The summed E-state index contributed by atoms with van der Waals surface area (Å²) < 4.78 is 1.82. The fourth-order valence-electron chi connectivity index (χ4n) is 1.72. The summed E-state index contributed by atoms with van der Waals surface area (Å²) in [4.78, 5) is 10.1. The summed E-state index contributed by atoms with van der Waals surface area (Å²) >= 11 is 5.07. The number of rotatable bonds is 5. The van der Waals surface area contributed by atoms with E-state index in [4.69, 9.17) is 12.2 Å². The Kier molecular flexibility index (Phi) is 4.43. The van der Waals surface area contributed by atoms with Gasteiger partial charge >= 0.3 is 5.69 Å². The minimum atomic E-state index is -0.654. The van der Waals surface area contributed by atoms with Crippen molar-refractivity contribution in [2.75, 3.05) is 0 Å². The van der Waals surface area contributed by atoms with E-state index in [0.29, 0.717) is 22.6 Å². The first-order valence-corrected chi connectivity index (χ1v) is 6.61. The number of aryl methyl sites for hydroxylation is 1. The number of H-pyrrole nitrogens is 1. The smallest absolute Gasteiger partial charge is 0.311 e. The molecule has 0 aliphatic rings. The minimum Gasteiger partial charge on any atom is -0.502 e. The van der Waals surface area contributed by atoms with Crippen LogP contribution in [0.4, 0.5) is 5.69 Å². The van der Waals surface area contributed by atoms with E-state index in [9.17, 15) is 15.2 Å². The Morgan fingerprint density at radius 2 is 2.38 bits per heavy atom. The standard InChI is InChI=1S/C12H13N5O3S/c1-2-3-11-14-15-12(21)16(11)13-7-8-4-5-10(18)9(6-8)17(19)20/h4-7,18H,2-3H2,1H3,(H,15,21)/b13-7+. The molecule has 0 aliphatic carbocycles. The molecular formula is C12H13N5O3S. The van der Waals surface area contributed by atoms with Gasteiger partial charge in [-0.05, 0) is 30.8 Å². The number of benzene rings is 1. The molecule has 2 N–H and O–H groups in total. The highest BCUT2D eigenvalue weighted by Gasteiger charge is 2.12. The Morgan fingerprint density at radius 3 is 3.05 bits per heavy atom. The van der Waals surface area contributed by atoms with Gasteiger partial charge in [0.05, 0.1) is 11.1 Å². The molecule has 0 aliphatic heterocycles. The number of phenolic OH excluding ortho intramolecular Hbond substituents is 1. The lowest BCUT2D eigenvalue weighted by Gasteiger charge is -1.99. The van der Waals surface area contributed by atoms with Crippen LogP contribution in [0.3, 0.4) is 0 Å². The van der Waals surface area contributed by atoms with Gasteiger partial charge in [-0.25, -0.2) is 0 Å². The van der Waals surface area contributed by atoms with Gasteiger partial charge < -0.3 is 5.11 Å².